The van der Waals surface area contributed by atoms with E-state index in [9.17, 15) is 9.59 Å². The van der Waals surface area contributed by atoms with Crippen LogP contribution in [-0.4, -0.2) is 49.6 Å². The number of carbonyl (C=O) groups is 2. The number of esters is 1. The van der Waals surface area contributed by atoms with Crippen molar-refractivity contribution in [3.63, 3.8) is 0 Å². The standard InChI is InChI=1S/C22H28INO5/c1-5-28-22(26)16-12-24-18(13(2)3)8-14-9-21(29-7-6-27-4)17(23)10-15(14)19(24)11-20(16)25/h9-10,12-13,18-19H,5-8,11H2,1-4H3. The van der Waals surface area contributed by atoms with Crippen LogP contribution in [-0.2, 0) is 25.5 Å². The molecular formula is C22H28INO5. The second-order valence-corrected chi connectivity index (χ2v) is 8.85. The summed E-state index contributed by atoms with van der Waals surface area (Å²) in [5.41, 5.74) is 2.50. The molecule has 0 radical (unpaired) electrons. The number of fused-ring (bicyclic) bond motifs is 3. The van der Waals surface area contributed by atoms with Crippen molar-refractivity contribution in [1.82, 2.24) is 4.90 Å². The van der Waals surface area contributed by atoms with Crippen LogP contribution in [0.2, 0.25) is 0 Å². The van der Waals surface area contributed by atoms with Gasteiger partial charge in [0.1, 0.15) is 17.9 Å². The fraction of sp³-hybridized carbons (Fsp3) is 0.545. The topological polar surface area (TPSA) is 65.1 Å². The Hall–Kier alpha value is -1.61. The Morgan fingerprint density at radius 1 is 1.28 bits per heavy atom. The molecule has 0 saturated carbocycles. The van der Waals surface area contributed by atoms with Gasteiger partial charge in [0, 0.05) is 25.8 Å². The number of ether oxygens (including phenoxy) is 3. The lowest BCUT2D eigenvalue weighted by molar-refractivity contribution is -0.140. The number of hydrogen-bond donors (Lipinski definition) is 0. The van der Waals surface area contributed by atoms with Crippen LogP contribution in [0.15, 0.2) is 23.9 Å². The first kappa shape index (κ1) is 22.1. The quantitative estimate of drug-likeness (QED) is 0.240. The molecule has 6 nitrogen and oxygen atoms in total. The highest BCUT2D eigenvalue weighted by atomic mass is 127. The summed E-state index contributed by atoms with van der Waals surface area (Å²) in [6.45, 7) is 7.38. The Labute approximate surface area is 185 Å². The van der Waals surface area contributed by atoms with Gasteiger partial charge in [0.25, 0.3) is 0 Å². The van der Waals surface area contributed by atoms with Crippen LogP contribution >= 0.6 is 22.6 Å². The van der Waals surface area contributed by atoms with Crippen molar-refractivity contribution < 1.29 is 23.8 Å². The van der Waals surface area contributed by atoms with Gasteiger partial charge in [0.15, 0.2) is 5.78 Å². The molecule has 2 atom stereocenters. The van der Waals surface area contributed by atoms with Crippen LogP contribution in [0.5, 0.6) is 5.75 Å². The molecule has 1 aromatic carbocycles. The number of carbonyl (C=O) groups excluding carboxylic acids is 2. The van der Waals surface area contributed by atoms with Crippen molar-refractivity contribution in [1.29, 1.82) is 0 Å². The molecule has 0 aliphatic carbocycles. The predicted molar refractivity (Wildman–Crippen MR) is 118 cm³/mol. The molecule has 0 amide bonds. The van der Waals surface area contributed by atoms with Crippen molar-refractivity contribution in [2.24, 2.45) is 5.92 Å². The summed E-state index contributed by atoms with van der Waals surface area (Å²) < 4.78 is 17.1. The number of hydrogen-bond acceptors (Lipinski definition) is 6. The molecule has 0 fully saturated rings. The van der Waals surface area contributed by atoms with Crippen LogP contribution in [0.3, 0.4) is 0 Å². The first-order valence-corrected chi connectivity index (χ1v) is 11.1. The van der Waals surface area contributed by atoms with Crippen molar-refractivity contribution in [3.8, 4) is 5.75 Å². The van der Waals surface area contributed by atoms with Crippen molar-refractivity contribution in [2.45, 2.75) is 45.7 Å². The first-order valence-electron chi connectivity index (χ1n) is 10.0. The van der Waals surface area contributed by atoms with Crippen LogP contribution in [0, 0.1) is 9.49 Å². The van der Waals surface area contributed by atoms with E-state index in [1.165, 1.54) is 5.56 Å². The van der Waals surface area contributed by atoms with Gasteiger partial charge in [-0.25, -0.2) is 4.79 Å². The Balaban J connectivity index is 1.98. The molecule has 0 aromatic heterocycles. The normalized spacial score (nSPS) is 20.8. The summed E-state index contributed by atoms with van der Waals surface area (Å²) in [6, 6.07) is 4.34. The van der Waals surface area contributed by atoms with Gasteiger partial charge in [0.2, 0.25) is 0 Å². The van der Waals surface area contributed by atoms with Crippen LogP contribution in [0.25, 0.3) is 0 Å². The van der Waals surface area contributed by atoms with Gasteiger partial charge in [-0.05, 0) is 65.1 Å². The minimum Gasteiger partial charge on any atom is -0.490 e. The maximum atomic E-state index is 12.7. The Bertz CT molecular complexity index is 820. The zero-order valence-corrected chi connectivity index (χ0v) is 19.5. The molecule has 158 valence electrons. The van der Waals surface area contributed by atoms with E-state index in [1.807, 2.05) is 0 Å². The Kier molecular flexibility index (Phi) is 7.21. The highest BCUT2D eigenvalue weighted by Crippen LogP contribution is 2.43. The molecule has 0 spiro atoms. The van der Waals surface area contributed by atoms with E-state index < -0.39 is 5.97 Å². The number of ketones is 1. The molecule has 2 unspecified atom stereocenters. The lowest BCUT2D eigenvalue weighted by Gasteiger charge is -2.46. The predicted octanol–water partition coefficient (Wildman–Crippen LogP) is 3.66. The summed E-state index contributed by atoms with van der Waals surface area (Å²) in [7, 11) is 1.65. The average Bonchev–Trinajstić information content (AvgIpc) is 2.68. The highest BCUT2D eigenvalue weighted by molar-refractivity contribution is 14.1. The molecule has 2 heterocycles. The molecule has 0 N–H and O–H groups in total. The monoisotopic (exact) mass is 513 g/mol. The van der Waals surface area contributed by atoms with E-state index in [4.69, 9.17) is 14.2 Å². The number of rotatable bonds is 7. The third kappa shape index (κ3) is 4.60. The van der Waals surface area contributed by atoms with Gasteiger partial charge in [-0.15, -0.1) is 0 Å². The van der Waals surface area contributed by atoms with Crippen molar-refractivity contribution in [2.75, 3.05) is 26.9 Å². The molecule has 3 rings (SSSR count). The van der Waals surface area contributed by atoms with Gasteiger partial charge in [-0.3, -0.25) is 4.79 Å². The average molecular weight is 513 g/mol. The smallest absolute Gasteiger partial charge is 0.343 e. The number of methoxy groups -OCH3 is 1. The van der Waals surface area contributed by atoms with Crippen LogP contribution < -0.4 is 4.74 Å². The third-order valence-corrected chi connectivity index (χ3v) is 6.33. The summed E-state index contributed by atoms with van der Waals surface area (Å²) in [6.07, 6.45) is 2.85. The summed E-state index contributed by atoms with van der Waals surface area (Å²) in [5, 5.41) is 0. The summed E-state index contributed by atoms with van der Waals surface area (Å²) in [4.78, 5) is 27.2. The number of nitrogens with zero attached hydrogens (tertiary/aromatic N) is 1. The molecule has 29 heavy (non-hydrogen) atoms. The molecule has 2 aliphatic rings. The largest absolute Gasteiger partial charge is 0.490 e. The molecule has 0 saturated heterocycles. The highest BCUT2D eigenvalue weighted by Gasteiger charge is 2.41. The lowest BCUT2D eigenvalue weighted by Crippen LogP contribution is -2.47. The van der Waals surface area contributed by atoms with E-state index >= 15 is 0 Å². The van der Waals surface area contributed by atoms with E-state index in [1.54, 1.807) is 20.2 Å². The number of halogens is 1. The fourth-order valence-corrected chi connectivity index (χ4v) is 4.68. The van der Waals surface area contributed by atoms with Crippen LogP contribution in [0.4, 0.5) is 0 Å². The fourth-order valence-electron chi connectivity index (χ4n) is 4.03. The second-order valence-electron chi connectivity index (χ2n) is 7.69. The van der Waals surface area contributed by atoms with Gasteiger partial charge in [-0.2, -0.15) is 0 Å². The Morgan fingerprint density at radius 2 is 2.03 bits per heavy atom. The van der Waals surface area contributed by atoms with Crippen molar-refractivity contribution in [3.05, 3.63) is 38.6 Å². The SMILES string of the molecule is CCOC(=O)C1=CN2C(CC1=O)c1cc(I)c(OCCOC)cc1CC2C(C)C. The molecule has 7 heteroatoms. The maximum absolute atomic E-state index is 12.7. The minimum absolute atomic E-state index is 0.0710. The van der Waals surface area contributed by atoms with Gasteiger partial charge < -0.3 is 19.1 Å². The van der Waals surface area contributed by atoms with Crippen molar-refractivity contribution >= 4 is 34.3 Å². The summed E-state index contributed by atoms with van der Waals surface area (Å²) in [5.74, 6) is 0.522. The molecule has 1 aromatic rings. The van der Waals surface area contributed by atoms with E-state index in [0.29, 0.717) is 19.1 Å². The van der Waals surface area contributed by atoms with E-state index in [2.05, 4.69) is 53.5 Å². The molecule has 2 aliphatic heterocycles. The number of benzene rings is 1. The second kappa shape index (κ2) is 9.47. The third-order valence-electron chi connectivity index (χ3n) is 5.49. The first-order chi connectivity index (χ1) is 13.9. The number of Topliss-reactive ketones (excluding diaryl/α,β-unsaturated/α-hetero) is 1. The minimum atomic E-state index is -0.527. The van der Waals surface area contributed by atoms with E-state index in [0.717, 1.165) is 21.3 Å². The zero-order valence-electron chi connectivity index (χ0n) is 17.4. The van der Waals surface area contributed by atoms with Crippen LogP contribution in [0.1, 0.15) is 44.4 Å². The lowest BCUT2D eigenvalue weighted by atomic mass is 9.80. The summed E-state index contributed by atoms with van der Waals surface area (Å²) >= 11 is 2.27. The van der Waals surface area contributed by atoms with Gasteiger partial charge >= 0.3 is 5.97 Å². The molecule has 0 bridgehead atoms. The molecular weight excluding hydrogens is 485 g/mol. The van der Waals surface area contributed by atoms with Gasteiger partial charge in [0.05, 0.1) is 22.8 Å². The van der Waals surface area contributed by atoms with E-state index in [-0.39, 0.29) is 36.5 Å². The Morgan fingerprint density at radius 3 is 2.69 bits per heavy atom. The maximum Gasteiger partial charge on any atom is 0.343 e. The zero-order chi connectivity index (χ0) is 21.1. The van der Waals surface area contributed by atoms with Gasteiger partial charge in [-0.1, -0.05) is 13.8 Å².